The number of hydrogen-bond acceptors (Lipinski definition) is 11. The van der Waals surface area contributed by atoms with Crippen LogP contribution in [0, 0.1) is 0 Å². The minimum atomic E-state index is -1.14. The Balaban J connectivity index is 1.08. The summed E-state index contributed by atoms with van der Waals surface area (Å²) in [5.74, 6) is -1.69. The number of aliphatic hydroxyl groups excluding tert-OH is 1. The van der Waals surface area contributed by atoms with Crippen molar-refractivity contribution in [2.75, 3.05) is 13.2 Å². The maximum absolute atomic E-state index is 11.7. The lowest BCUT2D eigenvalue weighted by Gasteiger charge is -2.37. The molecule has 0 radical (unpaired) electrons. The van der Waals surface area contributed by atoms with Gasteiger partial charge in [-0.1, -0.05) is 91.0 Å². The summed E-state index contributed by atoms with van der Waals surface area (Å²) in [5, 5.41) is 11.7. The molecule has 7 rings (SSSR count). The number of hydrogen-bond donors (Lipinski definition) is 1. The van der Waals surface area contributed by atoms with Crippen LogP contribution in [0.5, 0.6) is 0 Å². The summed E-state index contributed by atoms with van der Waals surface area (Å²) < 4.78 is 63.0. The molecule has 4 aliphatic rings. The molecule has 0 saturated carbocycles. The van der Waals surface area contributed by atoms with E-state index in [0.717, 1.165) is 16.7 Å². The maximum Gasteiger partial charge on any atom is 0.190 e. The van der Waals surface area contributed by atoms with E-state index in [9.17, 15) is 5.11 Å². The highest BCUT2D eigenvalue weighted by Gasteiger charge is 2.61. The first-order valence-corrected chi connectivity index (χ1v) is 17.4. The highest BCUT2D eigenvalue weighted by Crippen LogP contribution is 2.44. The predicted octanol–water partition coefficient (Wildman–Crippen LogP) is 4.87. The van der Waals surface area contributed by atoms with Crippen LogP contribution in [0.1, 0.15) is 44.4 Å². The summed E-state index contributed by atoms with van der Waals surface area (Å²) in [6.07, 6.45) is -6.93. The normalized spacial score (nSPS) is 33.2. The molecule has 4 heterocycles. The molecule has 270 valence electrons. The van der Waals surface area contributed by atoms with Crippen LogP contribution in [0.15, 0.2) is 91.0 Å². The van der Waals surface area contributed by atoms with Gasteiger partial charge >= 0.3 is 0 Å². The fourth-order valence-corrected chi connectivity index (χ4v) is 6.96. The van der Waals surface area contributed by atoms with E-state index < -0.39 is 73.0 Å². The zero-order chi connectivity index (χ0) is 34.7. The van der Waals surface area contributed by atoms with Crippen molar-refractivity contribution in [3.05, 3.63) is 108 Å². The summed E-state index contributed by atoms with van der Waals surface area (Å²) in [6.45, 7) is 8.61. The van der Waals surface area contributed by atoms with Crippen molar-refractivity contribution < 1.29 is 52.5 Å². The van der Waals surface area contributed by atoms with Gasteiger partial charge in [-0.25, -0.2) is 0 Å². The third-order valence-electron chi connectivity index (χ3n) is 9.26. The molecule has 0 amide bonds. The Morgan fingerprint density at radius 1 is 0.640 bits per heavy atom. The summed E-state index contributed by atoms with van der Waals surface area (Å²) in [7, 11) is 0. The van der Waals surface area contributed by atoms with E-state index in [-0.39, 0.29) is 19.8 Å². The second-order valence-electron chi connectivity index (χ2n) is 14.1. The molecule has 1 N–H and O–H groups in total. The second-order valence-corrected chi connectivity index (χ2v) is 14.1. The van der Waals surface area contributed by atoms with Gasteiger partial charge in [0, 0.05) is 0 Å². The van der Waals surface area contributed by atoms with Crippen LogP contribution in [0.2, 0.25) is 0 Å². The Labute approximate surface area is 293 Å². The Morgan fingerprint density at radius 3 is 1.86 bits per heavy atom. The Bertz CT molecular complexity index is 1490. The number of rotatable bonds is 14. The average molecular weight is 693 g/mol. The SMILES string of the molecule is CC1(C)O[C@H]2[C@@H](O1)[C@@H](CO[C@H]1O[C@H]([C@@H](COCc3ccccc3)OCc3ccccc3)[C@H](OCc3ccccc3)[C@H]1O)O[C@@H]1OC(C)(C)O[C@@H]12. The zero-order valence-electron chi connectivity index (χ0n) is 29.0. The van der Waals surface area contributed by atoms with Crippen molar-refractivity contribution in [2.24, 2.45) is 0 Å². The number of fused-ring (bicyclic) bond motifs is 3. The van der Waals surface area contributed by atoms with Crippen molar-refractivity contribution in [3.8, 4) is 0 Å². The summed E-state index contributed by atoms with van der Waals surface area (Å²) in [5.41, 5.74) is 3.00. The second kappa shape index (κ2) is 15.4. The van der Waals surface area contributed by atoms with Crippen LogP contribution in [-0.4, -0.2) is 91.3 Å². The van der Waals surface area contributed by atoms with E-state index in [1.165, 1.54) is 0 Å². The first-order valence-electron chi connectivity index (χ1n) is 17.4. The van der Waals surface area contributed by atoms with Crippen molar-refractivity contribution in [1.29, 1.82) is 0 Å². The van der Waals surface area contributed by atoms with E-state index >= 15 is 0 Å². The molecule has 0 unspecified atom stereocenters. The van der Waals surface area contributed by atoms with E-state index in [2.05, 4.69) is 0 Å². The molecule has 3 aromatic rings. The average Bonchev–Trinajstić information content (AvgIpc) is 3.73. The highest BCUT2D eigenvalue weighted by molar-refractivity contribution is 5.15. The van der Waals surface area contributed by atoms with Crippen molar-refractivity contribution in [3.63, 3.8) is 0 Å². The van der Waals surface area contributed by atoms with E-state index in [1.807, 2.05) is 119 Å². The van der Waals surface area contributed by atoms with Crippen molar-refractivity contribution in [1.82, 2.24) is 0 Å². The lowest BCUT2D eigenvalue weighted by Crippen LogP contribution is -2.56. The number of aliphatic hydroxyl groups is 1. The molecule has 0 aromatic heterocycles. The topological polar surface area (TPSA) is 113 Å². The molecular weight excluding hydrogens is 644 g/mol. The number of benzene rings is 3. The molecule has 11 nitrogen and oxygen atoms in total. The van der Waals surface area contributed by atoms with Crippen LogP contribution < -0.4 is 0 Å². The number of ether oxygens (including phenoxy) is 10. The lowest BCUT2D eigenvalue weighted by atomic mass is 9.99. The van der Waals surface area contributed by atoms with Crippen LogP contribution >= 0.6 is 0 Å². The summed E-state index contributed by atoms with van der Waals surface area (Å²) in [6, 6.07) is 29.6. The summed E-state index contributed by atoms with van der Waals surface area (Å²) in [4.78, 5) is 0. The molecule has 0 spiro atoms. The quantitative estimate of drug-likeness (QED) is 0.250. The van der Waals surface area contributed by atoms with Crippen LogP contribution in [0.25, 0.3) is 0 Å². The van der Waals surface area contributed by atoms with Crippen molar-refractivity contribution >= 4 is 0 Å². The Morgan fingerprint density at radius 2 is 1.20 bits per heavy atom. The molecule has 10 atom stereocenters. The van der Waals surface area contributed by atoms with Crippen molar-refractivity contribution in [2.45, 2.75) is 121 Å². The fraction of sp³-hybridized carbons (Fsp3) is 0.538. The molecular formula is C39H48O11. The van der Waals surface area contributed by atoms with Gasteiger partial charge in [0.1, 0.15) is 48.8 Å². The monoisotopic (exact) mass is 692 g/mol. The minimum Gasteiger partial charge on any atom is -0.385 e. The van der Waals surface area contributed by atoms with Gasteiger partial charge in [0.2, 0.25) is 0 Å². The third-order valence-corrected chi connectivity index (χ3v) is 9.26. The van der Waals surface area contributed by atoms with Gasteiger partial charge in [-0.05, 0) is 44.4 Å². The van der Waals surface area contributed by atoms with E-state index in [1.54, 1.807) is 0 Å². The molecule has 4 fully saturated rings. The van der Waals surface area contributed by atoms with Crippen LogP contribution in [-0.2, 0) is 67.2 Å². The molecule has 11 heteroatoms. The first-order chi connectivity index (χ1) is 24.1. The molecule has 0 bridgehead atoms. The first kappa shape index (κ1) is 35.6. The van der Waals surface area contributed by atoms with Gasteiger partial charge in [0.15, 0.2) is 24.2 Å². The Kier molecular flexibility index (Phi) is 11.0. The van der Waals surface area contributed by atoms with Crippen LogP contribution in [0.4, 0.5) is 0 Å². The maximum atomic E-state index is 11.7. The summed E-state index contributed by atoms with van der Waals surface area (Å²) >= 11 is 0. The van der Waals surface area contributed by atoms with Gasteiger partial charge in [-0.15, -0.1) is 0 Å². The minimum absolute atomic E-state index is 0.0352. The standard InChI is InChI=1S/C39H48O11/c1-38(2)47-32-29(45-37-35(34(32)48-38)49-39(3,4)50-37)24-44-36-30(40)33(43-22-27-18-12-7-13-19-27)31(46-36)28(42-21-26-16-10-6-11-17-26)23-41-20-25-14-8-5-9-15-25/h5-19,28-37,40H,20-24H2,1-4H3/t28-,29-,30-,31-,32+,33-,34+,35-,36+,37-/m1/s1. The molecule has 4 aliphatic heterocycles. The van der Waals surface area contributed by atoms with Gasteiger partial charge in [0.25, 0.3) is 0 Å². The molecule has 3 aromatic carbocycles. The smallest absolute Gasteiger partial charge is 0.190 e. The predicted molar refractivity (Wildman–Crippen MR) is 179 cm³/mol. The lowest BCUT2D eigenvalue weighted by molar-refractivity contribution is -0.261. The van der Waals surface area contributed by atoms with Crippen LogP contribution in [0.3, 0.4) is 0 Å². The zero-order valence-corrected chi connectivity index (χ0v) is 29.0. The molecule has 50 heavy (non-hydrogen) atoms. The molecule has 4 saturated heterocycles. The largest absolute Gasteiger partial charge is 0.385 e. The van der Waals surface area contributed by atoms with Gasteiger partial charge < -0.3 is 52.5 Å². The van der Waals surface area contributed by atoms with Gasteiger partial charge in [0.05, 0.1) is 33.0 Å². The van der Waals surface area contributed by atoms with Gasteiger partial charge in [-0.2, -0.15) is 0 Å². The fourth-order valence-electron chi connectivity index (χ4n) is 6.96. The third kappa shape index (κ3) is 8.46. The Hall–Kier alpha value is -2.78. The van der Waals surface area contributed by atoms with Gasteiger partial charge in [-0.3, -0.25) is 0 Å². The van der Waals surface area contributed by atoms with E-state index in [4.69, 9.17) is 47.4 Å². The van der Waals surface area contributed by atoms with E-state index in [0.29, 0.717) is 13.2 Å². The highest BCUT2D eigenvalue weighted by atomic mass is 16.9. The molecule has 0 aliphatic carbocycles.